The molecule has 2 aliphatic rings. The van der Waals surface area contributed by atoms with Gasteiger partial charge in [0.25, 0.3) is 27.1 Å². The van der Waals surface area contributed by atoms with Gasteiger partial charge in [-0.2, -0.15) is 0 Å². The van der Waals surface area contributed by atoms with Crippen molar-refractivity contribution in [2.75, 3.05) is 9.62 Å². The molecule has 2 N–H and O–H groups in total. The minimum atomic E-state index is -4.13. The second-order valence-electron chi connectivity index (χ2n) is 9.41. The predicted molar refractivity (Wildman–Crippen MR) is 166 cm³/mol. The van der Waals surface area contributed by atoms with Crippen molar-refractivity contribution < 1.29 is 27.5 Å². The van der Waals surface area contributed by atoms with Gasteiger partial charge >= 0.3 is 0 Å². The van der Waals surface area contributed by atoms with Crippen LogP contribution < -0.4 is 19.7 Å². The molecule has 0 aromatic heterocycles. The van der Waals surface area contributed by atoms with E-state index in [9.17, 15) is 22.8 Å². The van der Waals surface area contributed by atoms with Crippen molar-refractivity contribution in [3.63, 3.8) is 0 Å². The van der Waals surface area contributed by atoms with E-state index in [0.717, 1.165) is 0 Å². The number of nitrogens with one attached hydrogen (secondary N) is 2. The molecule has 4 aromatic rings. The molecule has 9 nitrogen and oxygen atoms in total. The van der Waals surface area contributed by atoms with Crippen molar-refractivity contribution in [3.05, 3.63) is 117 Å². The molecule has 43 heavy (non-hydrogen) atoms. The van der Waals surface area contributed by atoms with Crippen molar-refractivity contribution in [3.8, 4) is 11.5 Å². The molecule has 0 saturated carbocycles. The number of nitrogens with zero attached hydrogens (tertiary/aromatic N) is 1. The Kier molecular flexibility index (Phi) is 7.65. The minimum absolute atomic E-state index is 0.0570. The van der Waals surface area contributed by atoms with E-state index in [1.165, 1.54) is 23.1 Å². The number of thioether (sulfide) groups is 1. The van der Waals surface area contributed by atoms with E-state index in [0.29, 0.717) is 44.6 Å². The molecule has 0 unspecified atom stereocenters. The molecular weight excluding hydrogens is 633 g/mol. The van der Waals surface area contributed by atoms with Gasteiger partial charge in [0.1, 0.15) is 11.5 Å². The quantitative estimate of drug-likeness (QED) is 0.210. The standard InChI is InChI=1S/C30H19Cl2N3O6S2/c31-23-12-6-17(14-24(23)32)16-35-25-13-11-21(15-22(25)26(29(35)37)27-28(36)33-30(38)42-27)43(39,40)34-18-7-9-20(10-8-18)41-19-4-2-1-3-5-19/h1-15,34H,16H2,(H,33,36,38). The summed E-state index contributed by atoms with van der Waals surface area (Å²) < 4.78 is 35.1. The van der Waals surface area contributed by atoms with E-state index < -0.39 is 27.1 Å². The number of sulfonamides is 1. The van der Waals surface area contributed by atoms with Gasteiger partial charge in [-0.25, -0.2) is 8.42 Å². The average Bonchev–Trinajstić information content (AvgIpc) is 3.45. The Morgan fingerprint density at radius 3 is 2.23 bits per heavy atom. The van der Waals surface area contributed by atoms with Crippen LogP contribution in [0.15, 0.2) is 101 Å². The van der Waals surface area contributed by atoms with E-state index >= 15 is 0 Å². The molecule has 4 aromatic carbocycles. The maximum atomic E-state index is 13.7. The highest BCUT2D eigenvalue weighted by atomic mass is 35.5. The summed E-state index contributed by atoms with van der Waals surface area (Å²) in [5.74, 6) is -0.141. The van der Waals surface area contributed by atoms with Crippen molar-refractivity contribution in [2.24, 2.45) is 0 Å². The van der Waals surface area contributed by atoms with Gasteiger partial charge in [0, 0.05) is 11.3 Å². The van der Waals surface area contributed by atoms with E-state index in [-0.39, 0.29) is 33.2 Å². The largest absolute Gasteiger partial charge is 0.457 e. The second kappa shape index (κ2) is 11.4. The van der Waals surface area contributed by atoms with Crippen molar-refractivity contribution in [1.82, 2.24) is 5.32 Å². The number of rotatable bonds is 7. The number of carbonyl (C=O) groups excluding carboxylic acids is 3. The zero-order valence-corrected chi connectivity index (χ0v) is 25.0. The molecule has 1 fully saturated rings. The number of imide groups is 1. The van der Waals surface area contributed by atoms with Crippen LogP contribution >= 0.6 is 35.0 Å². The number of halogens is 2. The lowest BCUT2D eigenvalue weighted by molar-refractivity contribution is -0.116. The van der Waals surface area contributed by atoms with Crippen LogP contribution in [-0.2, 0) is 26.2 Å². The first-order valence-corrected chi connectivity index (χ1v) is 15.7. The highest BCUT2D eigenvalue weighted by Gasteiger charge is 2.40. The Bertz CT molecular complexity index is 1950. The third-order valence-corrected chi connectivity index (χ3v) is 9.55. The zero-order chi connectivity index (χ0) is 30.3. The Morgan fingerprint density at radius 1 is 0.837 bits per heavy atom. The van der Waals surface area contributed by atoms with E-state index in [4.69, 9.17) is 27.9 Å². The number of ether oxygens (including phenoxy) is 1. The number of amides is 3. The van der Waals surface area contributed by atoms with Gasteiger partial charge in [0.2, 0.25) is 0 Å². The van der Waals surface area contributed by atoms with Crippen LogP contribution in [0.3, 0.4) is 0 Å². The fourth-order valence-corrected chi connectivity index (χ4v) is 6.76. The number of benzene rings is 4. The molecule has 0 bridgehead atoms. The molecule has 0 spiro atoms. The van der Waals surface area contributed by atoms with Crippen LogP contribution in [0.4, 0.5) is 16.2 Å². The molecule has 216 valence electrons. The van der Waals surface area contributed by atoms with Crippen LogP contribution in [0, 0.1) is 0 Å². The monoisotopic (exact) mass is 651 g/mol. The normalized spacial score (nSPS) is 16.3. The molecule has 6 rings (SSSR count). The first-order chi connectivity index (χ1) is 20.6. The Morgan fingerprint density at radius 2 is 1.56 bits per heavy atom. The highest BCUT2D eigenvalue weighted by molar-refractivity contribution is 8.18. The zero-order valence-electron chi connectivity index (χ0n) is 21.8. The van der Waals surface area contributed by atoms with Gasteiger partial charge in [-0.3, -0.25) is 24.4 Å². The number of fused-ring (bicyclic) bond motifs is 1. The van der Waals surface area contributed by atoms with Crippen LogP contribution in [0.2, 0.25) is 10.0 Å². The van der Waals surface area contributed by atoms with E-state index in [2.05, 4.69) is 10.0 Å². The summed E-state index contributed by atoms with van der Waals surface area (Å²) in [7, 11) is -4.13. The number of anilines is 2. The van der Waals surface area contributed by atoms with Crippen LogP contribution in [0.25, 0.3) is 5.57 Å². The van der Waals surface area contributed by atoms with Crippen LogP contribution in [0.5, 0.6) is 11.5 Å². The molecule has 0 aliphatic carbocycles. The van der Waals surface area contributed by atoms with Crippen molar-refractivity contribution in [2.45, 2.75) is 11.4 Å². The van der Waals surface area contributed by atoms with E-state index in [1.807, 2.05) is 18.2 Å². The van der Waals surface area contributed by atoms with Gasteiger partial charge in [-0.15, -0.1) is 0 Å². The molecule has 1 saturated heterocycles. The van der Waals surface area contributed by atoms with Crippen molar-refractivity contribution >= 4 is 79.0 Å². The fourth-order valence-electron chi connectivity index (χ4n) is 4.58. The number of hydrogen-bond donors (Lipinski definition) is 2. The summed E-state index contributed by atoms with van der Waals surface area (Å²) >= 11 is 12.8. The third kappa shape index (κ3) is 5.84. The lowest BCUT2D eigenvalue weighted by atomic mass is 10.1. The minimum Gasteiger partial charge on any atom is -0.457 e. The Balaban J connectivity index is 1.33. The topological polar surface area (TPSA) is 122 Å². The van der Waals surface area contributed by atoms with E-state index in [1.54, 1.807) is 54.6 Å². The summed E-state index contributed by atoms with van der Waals surface area (Å²) in [6.07, 6.45) is 0. The van der Waals surface area contributed by atoms with Gasteiger partial charge in [-0.05, 0) is 84.1 Å². The molecule has 13 heteroatoms. The Labute approximate surface area is 260 Å². The molecule has 0 radical (unpaired) electrons. The fraction of sp³-hybridized carbons (Fsp3) is 0.0333. The average molecular weight is 653 g/mol. The molecular formula is C30H19Cl2N3O6S2. The summed E-state index contributed by atoms with van der Waals surface area (Å²) in [5.41, 5.74) is 1.44. The third-order valence-electron chi connectivity index (χ3n) is 6.55. The summed E-state index contributed by atoms with van der Waals surface area (Å²) in [5, 5.41) is 2.17. The van der Waals surface area contributed by atoms with Gasteiger partial charge in [0.05, 0.1) is 37.7 Å². The summed E-state index contributed by atoms with van der Waals surface area (Å²) in [6.45, 7) is 0.0570. The van der Waals surface area contributed by atoms with Gasteiger partial charge in [0.15, 0.2) is 0 Å². The smallest absolute Gasteiger partial charge is 0.290 e. The number of carbonyl (C=O) groups is 3. The van der Waals surface area contributed by atoms with Gasteiger partial charge in [-0.1, -0.05) is 47.5 Å². The summed E-state index contributed by atoms with van der Waals surface area (Å²) in [6, 6.07) is 24.6. The van der Waals surface area contributed by atoms with Gasteiger partial charge < -0.3 is 9.64 Å². The molecule has 2 aliphatic heterocycles. The highest BCUT2D eigenvalue weighted by Crippen LogP contribution is 2.44. The van der Waals surface area contributed by atoms with Crippen LogP contribution in [-0.4, -0.2) is 25.5 Å². The van der Waals surface area contributed by atoms with Crippen molar-refractivity contribution in [1.29, 1.82) is 0 Å². The SMILES string of the molecule is O=C1NC(=O)C(=C2C(=O)N(Cc3ccc(Cl)c(Cl)c3)c3ccc(S(=O)(=O)Nc4ccc(Oc5ccccc5)cc4)cc32)S1. The predicted octanol–water partition coefficient (Wildman–Crippen LogP) is 6.83. The maximum Gasteiger partial charge on any atom is 0.290 e. The first-order valence-electron chi connectivity index (χ1n) is 12.6. The molecule has 0 atom stereocenters. The molecule has 3 amide bonds. The number of hydrogen-bond acceptors (Lipinski definition) is 7. The first kappa shape index (κ1) is 28.8. The lowest BCUT2D eigenvalue weighted by Crippen LogP contribution is -2.26. The number of para-hydroxylation sites is 1. The summed E-state index contributed by atoms with van der Waals surface area (Å²) in [4.78, 5) is 39.4. The lowest BCUT2D eigenvalue weighted by Gasteiger charge is -2.18. The second-order valence-corrected chi connectivity index (χ2v) is 12.9. The maximum absolute atomic E-state index is 13.7. The van der Waals surface area contributed by atoms with Crippen LogP contribution in [0.1, 0.15) is 11.1 Å². The molecule has 2 heterocycles. The Hall–Kier alpha value is -4.29.